The van der Waals surface area contributed by atoms with E-state index in [0.29, 0.717) is 27.2 Å². The molecule has 0 unspecified atom stereocenters. The molecule has 4 aromatic carbocycles. The van der Waals surface area contributed by atoms with Crippen LogP contribution in [-0.4, -0.2) is 19.0 Å². The Balaban J connectivity index is 0.00000228. The van der Waals surface area contributed by atoms with E-state index in [1.165, 1.54) is 12.1 Å². The van der Waals surface area contributed by atoms with Gasteiger partial charge in [-0.15, -0.1) is 0 Å². The molecule has 13 heteroatoms. The Kier molecular flexibility index (Phi) is 11.2. The molecule has 2 N–H and O–H groups in total. The molecule has 4 rings (SSSR count). The first-order chi connectivity index (χ1) is 16.1. The largest absolute Gasteiger partial charge is 1.00 e. The monoisotopic (exact) mass is 544 g/mol. The minimum absolute atomic E-state index is 0. The third kappa shape index (κ3) is 7.44. The first-order valence-electron chi connectivity index (χ1n) is 9.90. The first kappa shape index (κ1) is 31.0. The molecule has 0 fully saturated rings. The van der Waals surface area contributed by atoms with Gasteiger partial charge in [-0.1, -0.05) is 12.1 Å². The van der Waals surface area contributed by atoms with Crippen molar-refractivity contribution in [2.75, 3.05) is 10.6 Å². The SMILES string of the molecule is Cc1cc(SOO[O-])cc2cc(NC(=O)Nc3ccc4c(C)cc(S(=O)(=O)[O-])cc4c3)ccc12.[Na+].[Na+]. The number of rotatable bonds is 6. The minimum atomic E-state index is -4.60. The average molecular weight is 545 g/mol. The number of benzene rings is 4. The summed E-state index contributed by atoms with van der Waals surface area (Å²) in [6, 6.07) is 16.2. The van der Waals surface area contributed by atoms with Crippen LogP contribution in [0.15, 0.2) is 70.5 Å². The Morgan fingerprint density at radius 3 is 1.89 bits per heavy atom. The van der Waals surface area contributed by atoms with E-state index >= 15 is 0 Å². The fourth-order valence-electron chi connectivity index (χ4n) is 3.75. The van der Waals surface area contributed by atoms with E-state index < -0.39 is 16.1 Å². The molecule has 0 atom stereocenters. The Morgan fingerprint density at radius 1 is 0.833 bits per heavy atom. The topological polar surface area (TPSA) is 140 Å². The van der Waals surface area contributed by atoms with Gasteiger partial charge in [-0.2, -0.15) is 4.33 Å². The molecule has 0 heterocycles. The van der Waals surface area contributed by atoms with Gasteiger partial charge in [0.25, 0.3) is 0 Å². The van der Waals surface area contributed by atoms with Gasteiger partial charge in [-0.05, 0) is 95.1 Å². The number of amides is 2. The number of carbonyl (C=O) groups is 1. The molecule has 0 bridgehead atoms. The summed E-state index contributed by atoms with van der Waals surface area (Å²) < 4.78 is 38.6. The predicted octanol–water partition coefficient (Wildman–Crippen LogP) is -1.60. The van der Waals surface area contributed by atoms with Gasteiger partial charge in [0.2, 0.25) is 0 Å². The van der Waals surface area contributed by atoms with E-state index in [9.17, 15) is 23.0 Å². The maximum atomic E-state index is 12.6. The van der Waals surface area contributed by atoms with E-state index in [1.807, 2.05) is 19.1 Å². The molecule has 9 nitrogen and oxygen atoms in total. The normalized spacial score (nSPS) is 11.0. The van der Waals surface area contributed by atoms with Crippen molar-refractivity contribution in [3.8, 4) is 0 Å². The summed E-state index contributed by atoms with van der Waals surface area (Å²) in [6.07, 6.45) is 0. The second kappa shape index (κ2) is 13.1. The van der Waals surface area contributed by atoms with E-state index in [2.05, 4.69) is 20.0 Å². The number of anilines is 2. The molecule has 0 aliphatic rings. The van der Waals surface area contributed by atoms with Gasteiger partial charge in [0.15, 0.2) is 0 Å². The third-order valence-electron chi connectivity index (χ3n) is 5.23. The number of urea groups is 1. The predicted molar refractivity (Wildman–Crippen MR) is 126 cm³/mol. The molecule has 0 saturated heterocycles. The van der Waals surface area contributed by atoms with Crippen molar-refractivity contribution in [1.29, 1.82) is 0 Å². The number of nitrogens with one attached hydrogen (secondary N) is 2. The van der Waals surface area contributed by atoms with Crippen LogP contribution in [0.1, 0.15) is 11.1 Å². The molecule has 2 amide bonds. The first-order valence-corrected chi connectivity index (χ1v) is 12.0. The Morgan fingerprint density at radius 2 is 1.36 bits per heavy atom. The number of aryl methyl sites for hydroxylation is 2. The summed E-state index contributed by atoms with van der Waals surface area (Å²) >= 11 is 0.784. The molecule has 0 aliphatic carbocycles. The van der Waals surface area contributed by atoms with Crippen LogP contribution in [0.3, 0.4) is 0 Å². The van der Waals surface area contributed by atoms with E-state index in [4.69, 9.17) is 0 Å². The van der Waals surface area contributed by atoms with Crippen molar-refractivity contribution < 1.29 is 91.5 Å². The van der Waals surface area contributed by atoms with E-state index in [0.717, 1.165) is 33.8 Å². The summed E-state index contributed by atoms with van der Waals surface area (Å²) in [5.74, 6) is 0. The maximum Gasteiger partial charge on any atom is 1.00 e. The van der Waals surface area contributed by atoms with Crippen LogP contribution in [-0.2, 0) is 19.5 Å². The zero-order valence-electron chi connectivity index (χ0n) is 19.9. The molecule has 36 heavy (non-hydrogen) atoms. The molecule has 4 aromatic rings. The summed E-state index contributed by atoms with van der Waals surface area (Å²) in [5.41, 5.74) is 2.55. The molecule has 0 spiro atoms. The van der Waals surface area contributed by atoms with E-state index in [-0.39, 0.29) is 64.0 Å². The van der Waals surface area contributed by atoms with Crippen LogP contribution in [0.5, 0.6) is 0 Å². The molecule has 0 radical (unpaired) electrons. The fraction of sp³-hybridized carbons (Fsp3) is 0.0870. The Bertz CT molecular complexity index is 1530. The van der Waals surface area contributed by atoms with Gasteiger partial charge in [-0.3, -0.25) is 5.04 Å². The van der Waals surface area contributed by atoms with Gasteiger partial charge >= 0.3 is 65.1 Å². The zero-order chi connectivity index (χ0) is 24.5. The molecule has 0 saturated carbocycles. The number of hydrogen-bond acceptors (Lipinski definition) is 8. The van der Waals surface area contributed by atoms with Crippen LogP contribution < -0.4 is 75.0 Å². The fourth-order valence-corrected chi connectivity index (χ4v) is 4.85. The van der Waals surface area contributed by atoms with Gasteiger partial charge in [0, 0.05) is 16.3 Å². The average Bonchev–Trinajstić information content (AvgIpc) is 2.76. The summed E-state index contributed by atoms with van der Waals surface area (Å²) in [5, 5.41) is 22.0. The van der Waals surface area contributed by atoms with Crippen LogP contribution in [0.25, 0.3) is 21.5 Å². The smallest absolute Gasteiger partial charge is 0.744 e. The third-order valence-corrected chi connectivity index (χ3v) is 6.59. The quantitative estimate of drug-likeness (QED) is 0.0973. The molecule has 0 aliphatic heterocycles. The molecule has 176 valence electrons. The number of carbonyl (C=O) groups excluding carboxylic acids is 1. The van der Waals surface area contributed by atoms with Gasteiger partial charge in [0.05, 0.1) is 16.9 Å². The van der Waals surface area contributed by atoms with Crippen molar-refractivity contribution in [3.63, 3.8) is 0 Å². The molecule has 0 aromatic heterocycles. The zero-order valence-corrected chi connectivity index (χ0v) is 25.6. The van der Waals surface area contributed by atoms with Crippen molar-refractivity contribution in [2.24, 2.45) is 0 Å². The van der Waals surface area contributed by atoms with Crippen molar-refractivity contribution in [1.82, 2.24) is 0 Å². The summed E-state index contributed by atoms with van der Waals surface area (Å²) in [7, 11) is -4.60. The maximum absolute atomic E-state index is 12.6. The summed E-state index contributed by atoms with van der Waals surface area (Å²) in [4.78, 5) is 12.9. The standard InChI is InChI=1S/C23H20N2O7S2.2Na/c1-13-7-19(33-32-31-27)11-15-9-17(3-5-21(13)15)24-23(26)25-18-4-6-22-14(2)8-20(34(28,29)30)12-16(22)10-18;;/h3-12,27H,1-2H3,(H2,24,25,26)(H,28,29,30);;/q;2*+1/p-2. The van der Waals surface area contributed by atoms with Gasteiger partial charge in [-0.25, -0.2) is 13.2 Å². The number of hydrogen-bond donors (Lipinski definition) is 2. The van der Waals surface area contributed by atoms with Crippen LogP contribution >= 0.6 is 12.0 Å². The number of fused-ring (bicyclic) bond motifs is 2. The van der Waals surface area contributed by atoms with Gasteiger partial charge in [0.1, 0.15) is 10.1 Å². The van der Waals surface area contributed by atoms with E-state index in [1.54, 1.807) is 43.3 Å². The minimum Gasteiger partial charge on any atom is -0.744 e. The molecular weight excluding hydrogens is 526 g/mol. The summed E-state index contributed by atoms with van der Waals surface area (Å²) in [6.45, 7) is 3.62. The Labute approximate surface area is 256 Å². The molecular formula is C23H18N2Na2O7S2. The Hall–Kier alpha value is -1.19. The van der Waals surface area contributed by atoms with Crippen LogP contribution in [0.2, 0.25) is 0 Å². The second-order valence-corrected chi connectivity index (χ2v) is 9.76. The van der Waals surface area contributed by atoms with Crippen molar-refractivity contribution >= 4 is 61.1 Å². The van der Waals surface area contributed by atoms with Gasteiger partial charge < -0.3 is 20.4 Å². The van der Waals surface area contributed by atoms with Crippen molar-refractivity contribution in [2.45, 2.75) is 23.6 Å². The van der Waals surface area contributed by atoms with Crippen LogP contribution in [0, 0.1) is 13.8 Å². The van der Waals surface area contributed by atoms with Crippen molar-refractivity contribution in [3.05, 3.63) is 71.8 Å². The van der Waals surface area contributed by atoms with Crippen LogP contribution in [0.4, 0.5) is 16.2 Å². The second-order valence-electron chi connectivity index (χ2n) is 7.60.